The summed E-state index contributed by atoms with van der Waals surface area (Å²) in [6.45, 7) is 32.9. The zero-order valence-corrected chi connectivity index (χ0v) is 20.3. The van der Waals surface area contributed by atoms with Crippen LogP contribution in [0.25, 0.3) is 0 Å². The fourth-order valence-corrected chi connectivity index (χ4v) is 1.28. The molecule has 0 spiro atoms. The van der Waals surface area contributed by atoms with E-state index in [9.17, 15) is 0 Å². The van der Waals surface area contributed by atoms with E-state index in [1.165, 1.54) is 24.0 Å². The predicted molar refractivity (Wildman–Crippen MR) is 128 cm³/mol. The molecule has 0 heterocycles. The summed E-state index contributed by atoms with van der Waals surface area (Å²) in [5.41, 5.74) is 4.16. The van der Waals surface area contributed by atoms with E-state index in [0.29, 0.717) is 5.41 Å². The van der Waals surface area contributed by atoms with Crippen LogP contribution in [0.1, 0.15) is 95.9 Å². The van der Waals surface area contributed by atoms with Gasteiger partial charge < -0.3 is 0 Å². The lowest BCUT2D eigenvalue weighted by Gasteiger charge is -2.16. The van der Waals surface area contributed by atoms with Crippen LogP contribution in [0.15, 0.2) is 60.3 Å². The van der Waals surface area contributed by atoms with E-state index in [1.807, 2.05) is 52.0 Å². The maximum atomic E-state index is 3.83. The molecule has 0 nitrogen and oxygen atoms in total. The van der Waals surface area contributed by atoms with Gasteiger partial charge in [-0.05, 0) is 52.4 Å². The van der Waals surface area contributed by atoms with Gasteiger partial charge in [0.25, 0.3) is 0 Å². The van der Waals surface area contributed by atoms with E-state index in [4.69, 9.17) is 0 Å². The highest BCUT2D eigenvalue weighted by molar-refractivity contribution is 5.16. The Morgan fingerprint density at radius 2 is 1.38 bits per heavy atom. The minimum Gasteiger partial charge on any atom is -0.0996 e. The molecule has 0 amide bonds. The highest BCUT2D eigenvalue weighted by atomic mass is 14.1. The summed E-state index contributed by atoms with van der Waals surface area (Å²) in [4.78, 5) is 0. The summed E-state index contributed by atoms with van der Waals surface area (Å²) in [5, 5.41) is 0. The second kappa shape index (κ2) is 21.7. The predicted octanol–water partition coefficient (Wildman–Crippen LogP) is 9.72. The first-order valence-electron chi connectivity index (χ1n) is 10.2. The molecule has 0 rings (SSSR count). The smallest absolute Gasteiger partial charge is 0.0178 e. The lowest BCUT2D eigenvalue weighted by Crippen LogP contribution is -2.04. The van der Waals surface area contributed by atoms with Crippen LogP contribution in [-0.4, -0.2) is 0 Å². The van der Waals surface area contributed by atoms with Crippen molar-refractivity contribution in [2.45, 2.75) is 95.9 Å². The maximum absolute atomic E-state index is 3.83. The third kappa shape index (κ3) is 30.6. The zero-order valence-electron chi connectivity index (χ0n) is 20.3. The van der Waals surface area contributed by atoms with Crippen molar-refractivity contribution in [2.24, 2.45) is 11.3 Å². The topological polar surface area (TPSA) is 0 Å². The van der Waals surface area contributed by atoms with Crippen LogP contribution in [0.2, 0.25) is 0 Å². The Morgan fingerprint density at radius 3 is 1.62 bits per heavy atom. The average Bonchev–Trinajstić information content (AvgIpc) is 2.56. The second-order valence-corrected chi connectivity index (χ2v) is 7.48. The van der Waals surface area contributed by atoms with Crippen molar-refractivity contribution in [3.63, 3.8) is 0 Å². The number of hydrogen-bond donors (Lipinski definition) is 0. The van der Waals surface area contributed by atoms with Crippen molar-refractivity contribution in [3.8, 4) is 0 Å². The van der Waals surface area contributed by atoms with E-state index < -0.39 is 0 Å². The molecular weight excluding hydrogens is 312 g/mol. The number of hydrogen-bond acceptors (Lipinski definition) is 0. The molecule has 0 radical (unpaired) electrons. The molecule has 154 valence electrons. The van der Waals surface area contributed by atoms with Gasteiger partial charge in [0, 0.05) is 0 Å². The number of allylic oxidation sites excluding steroid dienone is 8. The van der Waals surface area contributed by atoms with Crippen molar-refractivity contribution in [1.82, 2.24) is 0 Å². The molecule has 0 aliphatic heterocycles. The average molecular weight is 363 g/mol. The first-order chi connectivity index (χ1) is 11.9. The Kier molecular flexibility index (Phi) is 27.1. The summed E-state index contributed by atoms with van der Waals surface area (Å²) in [6.07, 6.45) is 12.7. The van der Waals surface area contributed by atoms with Crippen LogP contribution >= 0.6 is 0 Å². The van der Waals surface area contributed by atoms with Gasteiger partial charge in [0.2, 0.25) is 0 Å². The van der Waals surface area contributed by atoms with Crippen LogP contribution in [0.5, 0.6) is 0 Å². The van der Waals surface area contributed by atoms with Gasteiger partial charge in [-0.2, -0.15) is 0 Å². The van der Waals surface area contributed by atoms with E-state index in [1.54, 1.807) is 0 Å². The lowest BCUT2D eigenvalue weighted by molar-refractivity contribution is 0.506. The quantitative estimate of drug-likeness (QED) is 0.337. The maximum Gasteiger partial charge on any atom is -0.0178 e. The van der Waals surface area contributed by atoms with Crippen LogP contribution in [0.4, 0.5) is 0 Å². The third-order valence-electron chi connectivity index (χ3n) is 3.92. The fourth-order valence-electron chi connectivity index (χ4n) is 1.28. The molecule has 0 fully saturated rings. The standard InChI is InChI=1S/C9H18.C8H12.C7H14.C2H6/c1-5-7-9(4)8(3)6-2;1-4-5-6-7-8(2)3;1-6(2)7(3,4)5;1-2/h6,9H,5,7H2,1-4H3;4-7H,2H2,1,3H3;1H2,2-5H3;1-2H3/b8-6+;5-4-,7-6-;;. The van der Waals surface area contributed by atoms with Crippen molar-refractivity contribution in [2.75, 3.05) is 0 Å². The molecule has 0 saturated heterocycles. The second-order valence-electron chi connectivity index (χ2n) is 7.48. The molecule has 0 N–H and O–H groups in total. The Labute approximate surface area is 167 Å². The van der Waals surface area contributed by atoms with E-state index >= 15 is 0 Å². The van der Waals surface area contributed by atoms with Gasteiger partial charge in [-0.1, -0.05) is 115 Å². The third-order valence-corrected chi connectivity index (χ3v) is 3.92. The Bertz CT molecular complexity index is 408. The van der Waals surface area contributed by atoms with Gasteiger partial charge in [0.1, 0.15) is 0 Å². The van der Waals surface area contributed by atoms with Gasteiger partial charge >= 0.3 is 0 Å². The van der Waals surface area contributed by atoms with Crippen molar-refractivity contribution in [1.29, 1.82) is 0 Å². The molecule has 0 heteroatoms. The summed E-state index contributed by atoms with van der Waals surface area (Å²) in [6, 6.07) is 0. The monoisotopic (exact) mass is 362 g/mol. The summed E-state index contributed by atoms with van der Waals surface area (Å²) in [7, 11) is 0. The first kappa shape index (κ1) is 32.4. The molecule has 0 saturated carbocycles. The fraction of sp³-hybridized carbons (Fsp3) is 0.615. The normalized spacial score (nSPS) is 12.2. The molecule has 0 aromatic heterocycles. The highest BCUT2D eigenvalue weighted by Crippen LogP contribution is 2.21. The minimum absolute atomic E-state index is 0.306. The molecule has 0 aromatic rings. The molecule has 0 aliphatic rings. The van der Waals surface area contributed by atoms with Gasteiger partial charge in [-0.3, -0.25) is 0 Å². The van der Waals surface area contributed by atoms with Crippen molar-refractivity contribution < 1.29 is 0 Å². The molecule has 26 heavy (non-hydrogen) atoms. The molecule has 0 bridgehead atoms. The Balaban J connectivity index is -0.000000134. The molecule has 0 aliphatic carbocycles. The van der Waals surface area contributed by atoms with Crippen LogP contribution in [0, 0.1) is 11.3 Å². The van der Waals surface area contributed by atoms with Gasteiger partial charge in [0.15, 0.2) is 0 Å². The van der Waals surface area contributed by atoms with E-state index in [2.05, 4.69) is 74.6 Å². The van der Waals surface area contributed by atoms with Crippen LogP contribution < -0.4 is 0 Å². The SMILES string of the molecule is C/C=C(\C)C(C)CCC.C=C(C)/C=C\C=C/C.C=C(C)C(C)(C)C.CC. The number of rotatable bonds is 5. The first-order valence-corrected chi connectivity index (χ1v) is 10.2. The molecule has 1 atom stereocenters. The Morgan fingerprint density at radius 1 is 0.962 bits per heavy atom. The van der Waals surface area contributed by atoms with E-state index in [-0.39, 0.29) is 0 Å². The highest BCUT2D eigenvalue weighted by Gasteiger charge is 2.08. The molecular formula is C26H50. The summed E-state index contributed by atoms with van der Waals surface area (Å²) in [5.74, 6) is 0.792. The molecule has 1 unspecified atom stereocenters. The van der Waals surface area contributed by atoms with Crippen LogP contribution in [0.3, 0.4) is 0 Å². The van der Waals surface area contributed by atoms with Crippen molar-refractivity contribution in [3.05, 3.63) is 60.3 Å². The minimum atomic E-state index is 0.306. The van der Waals surface area contributed by atoms with Crippen molar-refractivity contribution >= 4 is 0 Å². The lowest BCUT2D eigenvalue weighted by atomic mass is 9.89. The molecule has 0 aromatic carbocycles. The van der Waals surface area contributed by atoms with Gasteiger partial charge in [-0.15, -0.1) is 0 Å². The zero-order chi connectivity index (χ0) is 21.8. The summed E-state index contributed by atoms with van der Waals surface area (Å²) < 4.78 is 0. The van der Waals surface area contributed by atoms with Gasteiger partial charge in [0.05, 0.1) is 0 Å². The van der Waals surface area contributed by atoms with Gasteiger partial charge in [-0.25, -0.2) is 0 Å². The Hall–Kier alpha value is -1.30. The van der Waals surface area contributed by atoms with E-state index in [0.717, 1.165) is 11.5 Å². The van der Waals surface area contributed by atoms with Crippen LogP contribution in [-0.2, 0) is 0 Å². The summed E-state index contributed by atoms with van der Waals surface area (Å²) >= 11 is 0. The largest absolute Gasteiger partial charge is 0.0996 e.